The van der Waals surface area contributed by atoms with Gasteiger partial charge in [0.2, 0.25) is 0 Å². The van der Waals surface area contributed by atoms with E-state index in [1.807, 2.05) is 25.1 Å². The first kappa shape index (κ1) is 14.5. The maximum Gasteiger partial charge on any atom is 0.303 e. The molecule has 20 heavy (non-hydrogen) atoms. The predicted octanol–water partition coefficient (Wildman–Crippen LogP) is 1.65. The molecule has 2 N–H and O–H groups in total. The van der Waals surface area contributed by atoms with Crippen molar-refractivity contribution in [3.8, 4) is 0 Å². The highest BCUT2D eigenvalue weighted by Gasteiger charge is 2.15. The molecule has 1 heterocycles. The summed E-state index contributed by atoms with van der Waals surface area (Å²) in [5.41, 5.74) is 2.60. The van der Waals surface area contributed by atoms with E-state index in [0.717, 1.165) is 16.6 Å². The van der Waals surface area contributed by atoms with Crippen molar-refractivity contribution in [3.63, 3.8) is 0 Å². The van der Waals surface area contributed by atoms with E-state index in [1.165, 1.54) is 0 Å². The van der Waals surface area contributed by atoms with Crippen molar-refractivity contribution in [2.24, 2.45) is 0 Å². The van der Waals surface area contributed by atoms with Gasteiger partial charge in [-0.1, -0.05) is 6.07 Å². The van der Waals surface area contributed by atoms with E-state index in [0.29, 0.717) is 5.82 Å². The number of hydrogen-bond acceptors (Lipinski definition) is 4. The number of nitrogens with zero attached hydrogens (tertiary/aromatic N) is 1. The minimum absolute atomic E-state index is 0.122. The van der Waals surface area contributed by atoms with Crippen LogP contribution in [0.1, 0.15) is 24.2 Å². The van der Waals surface area contributed by atoms with Crippen molar-refractivity contribution >= 4 is 26.8 Å². The van der Waals surface area contributed by atoms with E-state index in [1.54, 1.807) is 0 Å². The molecule has 2 aromatic rings. The van der Waals surface area contributed by atoms with Gasteiger partial charge in [0, 0.05) is 6.42 Å². The van der Waals surface area contributed by atoms with E-state index in [2.05, 4.69) is 9.97 Å². The lowest BCUT2D eigenvalue weighted by Gasteiger charge is -2.00. The molecule has 0 saturated heterocycles. The molecule has 0 spiro atoms. The number of nitrogens with one attached hydrogen (secondary N) is 1. The minimum atomic E-state index is -3.35. The van der Waals surface area contributed by atoms with Gasteiger partial charge in [0.15, 0.2) is 9.84 Å². The predicted molar refractivity (Wildman–Crippen MR) is 75.2 cm³/mol. The second-order valence-electron chi connectivity index (χ2n) is 4.79. The molecule has 108 valence electrons. The Hall–Kier alpha value is -1.89. The number of sulfone groups is 1. The number of H-pyrrole nitrogens is 1. The SMILES string of the molecule is Cc1ccc2nc(CS(=O)(=O)CCCC(=O)O)[nH]c2c1. The summed E-state index contributed by atoms with van der Waals surface area (Å²) in [5, 5.41) is 8.51. The lowest BCUT2D eigenvalue weighted by molar-refractivity contribution is -0.137. The van der Waals surface area contributed by atoms with Crippen molar-refractivity contribution in [1.29, 1.82) is 0 Å². The Balaban J connectivity index is 2.08. The van der Waals surface area contributed by atoms with Crippen LogP contribution < -0.4 is 0 Å². The Kier molecular flexibility index (Phi) is 4.08. The molecule has 6 nitrogen and oxygen atoms in total. The molecule has 0 atom stereocenters. The zero-order valence-electron chi connectivity index (χ0n) is 11.1. The number of hydrogen-bond donors (Lipinski definition) is 2. The molecule has 0 aliphatic rings. The molecule has 0 bridgehead atoms. The van der Waals surface area contributed by atoms with Crippen LogP contribution >= 0.6 is 0 Å². The molecule has 0 unspecified atom stereocenters. The fourth-order valence-electron chi connectivity index (χ4n) is 1.97. The molecule has 0 fully saturated rings. The summed E-state index contributed by atoms with van der Waals surface area (Å²) >= 11 is 0. The fourth-order valence-corrected chi connectivity index (χ4v) is 3.25. The van der Waals surface area contributed by atoms with Crippen LogP contribution in [-0.4, -0.2) is 35.2 Å². The minimum Gasteiger partial charge on any atom is -0.481 e. The number of aromatic amines is 1. The van der Waals surface area contributed by atoms with E-state index >= 15 is 0 Å². The summed E-state index contributed by atoms with van der Waals surface area (Å²) in [6.07, 6.45) is -0.0183. The van der Waals surface area contributed by atoms with Gasteiger partial charge in [-0.3, -0.25) is 4.79 Å². The van der Waals surface area contributed by atoms with E-state index in [-0.39, 0.29) is 24.3 Å². The molecule has 0 saturated carbocycles. The number of carbonyl (C=O) groups is 1. The second kappa shape index (κ2) is 5.62. The van der Waals surface area contributed by atoms with E-state index in [4.69, 9.17) is 5.11 Å². The maximum absolute atomic E-state index is 11.9. The molecule has 1 aromatic carbocycles. The van der Waals surface area contributed by atoms with Crippen molar-refractivity contribution in [1.82, 2.24) is 9.97 Å². The highest BCUT2D eigenvalue weighted by molar-refractivity contribution is 7.90. The molecular weight excluding hydrogens is 280 g/mol. The van der Waals surface area contributed by atoms with Crippen LogP contribution in [0.5, 0.6) is 0 Å². The maximum atomic E-state index is 11.9. The number of aromatic nitrogens is 2. The van der Waals surface area contributed by atoms with Gasteiger partial charge < -0.3 is 10.1 Å². The number of aliphatic carboxylic acids is 1. The average molecular weight is 296 g/mol. The molecular formula is C13H16N2O4S. The summed E-state index contributed by atoms with van der Waals surface area (Å²) in [6, 6.07) is 5.65. The van der Waals surface area contributed by atoms with Gasteiger partial charge >= 0.3 is 5.97 Å². The van der Waals surface area contributed by atoms with Crippen LogP contribution in [0.25, 0.3) is 11.0 Å². The number of imidazole rings is 1. The van der Waals surface area contributed by atoms with Crippen LogP contribution in [-0.2, 0) is 20.4 Å². The summed E-state index contributed by atoms with van der Waals surface area (Å²) in [4.78, 5) is 17.6. The molecule has 0 aliphatic heterocycles. The topological polar surface area (TPSA) is 100 Å². The zero-order valence-corrected chi connectivity index (χ0v) is 11.9. The van der Waals surface area contributed by atoms with E-state index < -0.39 is 15.8 Å². The smallest absolute Gasteiger partial charge is 0.303 e. The molecule has 2 rings (SSSR count). The zero-order chi connectivity index (χ0) is 14.8. The van der Waals surface area contributed by atoms with Gasteiger partial charge in [0.1, 0.15) is 11.6 Å². The summed E-state index contributed by atoms with van der Waals surface area (Å²) in [5.74, 6) is -0.934. The number of fused-ring (bicyclic) bond motifs is 1. The lowest BCUT2D eigenvalue weighted by atomic mass is 10.2. The van der Waals surface area contributed by atoms with Crippen LogP contribution in [0, 0.1) is 6.92 Å². The summed E-state index contributed by atoms with van der Waals surface area (Å²) in [6.45, 7) is 1.95. The molecule has 0 aliphatic carbocycles. The van der Waals surface area contributed by atoms with Gasteiger partial charge in [0.05, 0.1) is 16.8 Å². The average Bonchev–Trinajstić information content (AvgIpc) is 2.68. The largest absolute Gasteiger partial charge is 0.481 e. The Bertz CT molecular complexity index is 734. The molecule has 0 radical (unpaired) electrons. The second-order valence-corrected chi connectivity index (χ2v) is 6.98. The van der Waals surface area contributed by atoms with Crippen LogP contribution in [0.4, 0.5) is 0 Å². The van der Waals surface area contributed by atoms with Gasteiger partial charge in [-0.25, -0.2) is 13.4 Å². The lowest BCUT2D eigenvalue weighted by Crippen LogP contribution is -2.11. The normalized spacial score (nSPS) is 11.8. The monoisotopic (exact) mass is 296 g/mol. The molecule has 0 amide bonds. The van der Waals surface area contributed by atoms with Gasteiger partial charge in [0.25, 0.3) is 0 Å². The number of benzene rings is 1. The van der Waals surface area contributed by atoms with Crippen molar-refractivity contribution in [3.05, 3.63) is 29.6 Å². The van der Waals surface area contributed by atoms with Crippen molar-refractivity contribution in [2.75, 3.05) is 5.75 Å². The number of carboxylic acid groups (broad SMARTS) is 1. The molecule has 1 aromatic heterocycles. The third kappa shape index (κ3) is 3.80. The van der Waals surface area contributed by atoms with E-state index in [9.17, 15) is 13.2 Å². The van der Waals surface area contributed by atoms with Crippen LogP contribution in [0.3, 0.4) is 0 Å². The third-order valence-corrected chi connectivity index (χ3v) is 4.51. The first-order valence-electron chi connectivity index (χ1n) is 6.23. The quantitative estimate of drug-likeness (QED) is 0.844. The van der Waals surface area contributed by atoms with Crippen molar-refractivity contribution < 1.29 is 18.3 Å². The van der Waals surface area contributed by atoms with Crippen LogP contribution in [0.15, 0.2) is 18.2 Å². The third-order valence-electron chi connectivity index (χ3n) is 2.89. The number of aryl methyl sites for hydroxylation is 1. The Morgan fingerprint density at radius 2 is 2.15 bits per heavy atom. The molecule has 7 heteroatoms. The highest BCUT2D eigenvalue weighted by atomic mass is 32.2. The van der Waals surface area contributed by atoms with Gasteiger partial charge in [-0.15, -0.1) is 0 Å². The van der Waals surface area contributed by atoms with Crippen molar-refractivity contribution in [2.45, 2.75) is 25.5 Å². The van der Waals surface area contributed by atoms with Gasteiger partial charge in [-0.05, 0) is 31.0 Å². The number of carboxylic acids is 1. The summed E-state index contributed by atoms with van der Waals surface area (Å²) < 4.78 is 23.7. The Labute approximate surface area is 116 Å². The van der Waals surface area contributed by atoms with Gasteiger partial charge in [-0.2, -0.15) is 0 Å². The standard InChI is InChI=1S/C13H16N2O4S/c1-9-4-5-10-11(7-9)15-12(14-10)8-20(18,19)6-2-3-13(16)17/h4-5,7H,2-3,6,8H2,1H3,(H,14,15)(H,16,17). The number of rotatable bonds is 6. The Morgan fingerprint density at radius 3 is 2.85 bits per heavy atom. The first-order valence-corrected chi connectivity index (χ1v) is 8.05. The summed E-state index contributed by atoms with van der Waals surface area (Å²) in [7, 11) is -3.35. The Morgan fingerprint density at radius 1 is 1.40 bits per heavy atom. The fraction of sp³-hybridized carbons (Fsp3) is 0.385. The highest BCUT2D eigenvalue weighted by Crippen LogP contribution is 2.15. The first-order chi connectivity index (χ1) is 9.35. The van der Waals surface area contributed by atoms with Crippen LogP contribution in [0.2, 0.25) is 0 Å².